The SMILES string of the molecule is CCC(C)(NC(=O)C1=C(C(=O)Nc2cc(OC3CCCC3)c(Cl)cc2F)CCCC1)c1ccccc1. The van der Waals surface area contributed by atoms with E-state index < -0.39 is 17.3 Å². The predicted molar refractivity (Wildman–Crippen MR) is 141 cm³/mol. The Bertz CT molecular complexity index is 1140. The van der Waals surface area contributed by atoms with Crippen molar-refractivity contribution in [3.05, 3.63) is 70.0 Å². The molecule has 0 saturated heterocycles. The lowest BCUT2D eigenvalue weighted by Gasteiger charge is -2.32. The number of hydrogen-bond acceptors (Lipinski definition) is 3. The third-order valence-corrected chi connectivity index (χ3v) is 7.68. The molecule has 36 heavy (non-hydrogen) atoms. The Morgan fingerprint density at radius 2 is 1.67 bits per heavy atom. The number of benzene rings is 2. The summed E-state index contributed by atoms with van der Waals surface area (Å²) in [5.41, 5.74) is 1.29. The lowest BCUT2D eigenvalue weighted by atomic mass is 9.86. The maximum absolute atomic E-state index is 14.7. The van der Waals surface area contributed by atoms with Gasteiger partial charge in [0.05, 0.1) is 22.4 Å². The second-order valence-corrected chi connectivity index (χ2v) is 10.3. The van der Waals surface area contributed by atoms with Gasteiger partial charge in [-0.05, 0) is 76.3 Å². The van der Waals surface area contributed by atoms with E-state index in [1.807, 2.05) is 44.2 Å². The van der Waals surface area contributed by atoms with Crippen LogP contribution >= 0.6 is 11.6 Å². The normalized spacial score (nSPS) is 18.0. The smallest absolute Gasteiger partial charge is 0.252 e. The van der Waals surface area contributed by atoms with E-state index in [1.165, 1.54) is 6.07 Å². The summed E-state index contributed by atoms with van der Waals surface area (Å²) in [7, 11) is 0. The Hall–Kier alpha value is -2.86. The van der Waals surface area contributed by atoms with Crippen LogP contribution in [0.1, 0.15) is 77.2 Å². The van der Waals surface area contributed by atoms with Gasteiger partial charge in [0.2, 0.25) is 5.91 Å². The van der Waals surface area contributed by atoms with Gasteiger partial charge < -0.3 is 15.4 Å². The first-order valence-corrected chi connectivity index (χ1v) is 13.3. The highest BCUT2D eigenvalue weighted by Crippen LogP contribution is 2.35. The monoisotopic (exact) mass is 512 g/mol. The van der Waals surface area contributed by atoms with E-state index in [0.717, 1.165) is 50.2 Å². The van der Waals surface area contributed by atoms with Crippen LogP contribution in [-0.2, 0) is 15.1 Å². The van der Waals surface area contributed by atoms with Gasteiger partial charge in [-0.1, -0.05) is 48.9 Å². The molecule has 0 bridgehead atoms. The Morgan fingerprint density at radius 1 is 1.03 bits per heavy atom. The highest BCUT2D eigenvalue weighted by atomic mass is 35.5. The fourth-order valence-electron chi connectivity index (χ4n) is 5.00. The minimum atomic E-state index is -0.642. The summed E-state index contributed by atoms with van der Waals surface area (Å²) in [5, 5.41) is 6.01. The zero-order valence-corrected chi connectivity index (χ0v) is 21.7. The van der Waals surface area contributed by atoms with Gasteiger partial charge in [0.1, 0.15) is 11.6 Å². The summed E-state index contributed by atoms with van der Waals surface area (Å²) in [6.45, 7) is 4.00. The molecule has 4 rings (SSSR count). The average Bonchev–Trinajstić information content (AvgIpc) is 3.40. The molecule has 2 aromatic rings. The van der Waals surface area contributed by atoms with Crippen LogP contribution in [0.15, 0.2) is 53.6 Å². The standard InChI is InChI=1S/C29H34ClFN2O3/c1-3-29(2,19-11-5-4-6-12-19)33-28(35)22-16-10-9-15-21(22)27(34)32-25-18-26(23(30)17-24(25)31)36-20-13-7-8-14-20/h4-6,11-12,17-18,20H,3,7-10,13-16H2,1-2H3,(H,32,34)(H,33,35). The zero-order chi connectivity index (χ0) is 25.7. The van der Waals surface area contributed by atoms with Crippen LogP contribution in [0.2, 0.25) is 5.02 Å². The first-order valence-electron chi connectivity index (χ1n) is 12.9. The molecule has 7 heteroatoms. The maximum atomic E-state index is 14.7. The van der Waals surface area contributed by atoms with E-state index in [4.69, 9.17) is 16.3 Å². The largest absolute Gasteiger partial charge is 0.489 e. The molecule has 0 aromatic heterocycles. The number of ether oxygens (including phenoxy) is 1. The zero-order valence-electron chi connectivity index (χ0n) is 21.0. The maximum Gasteiger partial charge on any atom is 0.252 e. The molecular formula is C29H34ClFN2O3. The van der Waals surface area contributed by atoms with Crippen molar-refractivity contribution >= 4 is 29.1 Å². The molecular weight excluding hydrogens is 479 g/mol. The summed E-state index contributed by atoms with van der Waals surface area (Å²) < 4.78 is 20.7. The third kappa shape index (κ3) is 5.92. The van der Waals surface area contributed by atoms with Gasteiger partial charge in [-0.15, -0.1) is 0 Å². The van der Waals surface area contributed by atoms with Crippen LogP contribution in [0, 0.1) is 5.82 Å². The second kappa shape index (κ2) is 11.5. The van der Waals surface area contributed by atoms with E-state index in [2.05, 4.69) is 10.6 Å². The third-order valence-electron chi connectivity index (χ3n) is 7.39. The van der Waals surface area contributed by atoms with Crippen LogP contribution in [0.5, 0.6) is 5.75 Å². The van der Waals surface area contributed by atoms with E-state index in [-0.39, 0.29) is 22.7 Å². The molecule has 2 aliphatic rings. The topological polar surface area (TPSA) is 67.4 Å². The van der Waals surface area contributed by atoms with Crippen LogP contribution in [0.3, 0.4) is 0 Å². The minimum absolute atomic E-state index is 0.00193. The molecule has 2 aliphatic carbocycles. The fourth-order valence-corrected chi connectivity index (χ4v) is 5.20. The molecule has 0 radical (unpaired) electrons. The van der Waals surface area contributed by atoms with E-state index >= 15 is 0 Å². The molecule has 1 saturated carbocycles. The Balaban J connectivity index is 1.55. The van der Waals surface area contributed by atoms with Crippen molar-refractivity contribution in [3.63, 3.8) is 0 Å². The Kier molecular flexibility index (Phi) is 8.35. The number of amides is 2. The molecule has 2 aromatic carbocycles. The molecule has 0 heterocycles. The number of hydrogen-bond donors (Lipinski definition) is 2. The van der Waals surface area contributed by atoms with Crippen molar-refractivity contribution in [2.24, 2.45) is 0 Å². The molecule has 1 unspecified atom stereocenters. The molecule has 192 valence electrons. The van der Waals surface area contributed by atoms with Gasteiger partial charge in [-0.2, -0.15) is 0 Å². The van der Waals surface area contributed by atoms with Gasteiger partial charge in [-0.25, -0.2) is 4.39 Å². The summed E-state index contributed by atoms with van der Waals surface area (Å²) in [5.74, 6) is -1.00. The van der Waals surface area contributed by atoms with Crippen molar-refractivity contribution < 1.29 is 18.7 Å². The molecule has 2 amide bonds. The number of nitrogens with one attached hydrogen (secondary N) is 2. The highest BCUT2D eigenvalue weighted by Gasteiger charge is 2.31. The van der Waals surface area contributed by atoms with E-state index in [9.17, 15) is 14.0 Å². The number of anilines is 1. The number of halogens is 2. The first kappa shape index (κ1) is 26.2. The van der Waals surface area contributed by atoms with Gasteiger partial charge in [0, 0.05) is 17.2 Å². The Morgan fingerprint density at radius 3 is 2.31 bits per heavy atom. The number of rotatable bonds is 8. The van der Waals surface area contributed by atoms with Crippen molar-refractivity contribution in [3.8, 4) is 5.75 Å². The quantitative estimate of drug-likeness (QED) is 0.398. The lowest BCUT2D eigenvalue weighted by molar-refractivity contribution is -0.120. The summed E-state index contributed by atoms with van der Waals surface area (Å²) in [6, 6.07) is 12.4. The number of carbonyl (C=O) groups is 2. The van der Waals surface area contributed by atoms with Crippen LogP contribution in [0.25, 0.3) is 0 Å². The molecule has 1 fully saturated rings. The fraction of sp³-hybridized carbons (Fsp3) is 0.448. The first-order chi connectivity index (χ1) is 17.3. The molecule has 5 nitrogen and oxygen atoms in total. The van der Waals surface area contributed by atoms with E-state index in [0.29, 0.717) is 36.2 Å². The average molecular weight is 513 g/mol. The molecule has 2 N–H and O–H groups in total. The van der Waals surface area contributed by atoms with E-state index in [1.54, 1.807) is 0 Å². The van der Waals surface area contributed by atoms with Gasteiger partial charge in [-0.3, -0.25) is 9.59 Å². The van der Waals surface area contributed by atoms with Crippen LogP contribution < -0.4 is 15.4 Å². The van der Waals surface area contributed by atoms with Gasteiger partial charge >= 0.3 is 0 Å². The molecule has 1 atom stereocenters. The van der Waals surface area contributed by atoms with Gasteiger partial charge in [0.25, 0.3) is 5.91 Å². The molecule has 0 aliphatic heterocycles. The van der Waals surface area contributed by atoms with Gasteiger partial charge in [0.15, 0.2) is 0 Å². The highest BCUT2D eigenvalue weighted by molar-refractivity contribution is 6.32. The second-order valence-electron chi connectivity index (χ2n) is 9.91. The summed E-state index contributed by atoms with van der Waals surface area (Å²) in [4.78, 5) is 26.7. The number of carbonyl (C=O) groups excluding carboxylic acids is 2. The van der Waals surface area contributed by atoms with Crippen molar-refractivity contribution in [2.75, 3.05) is 5.32 Å². The van der Waals surface area contributed by atoms with Crippen molar-refractivity contribution in [1.29, 1.82) is 0 Å². The minimum Gasteiger partial charge on any atom is -0.489 e. The molecule has 0 spiro atoms. The van der Waals surface area contributed by atoms with Crippen molar-refractivity contribution in [2.45, 2.75) is 83.3 Å². The summed E-state index contributed by atoms with van der Waals surface area (Å²) in [6.07, 6.45) is 7.36. The lowest BCUT2D eigenvalue weighted by Crippen LogP contribution is -2.44. The van der Waals surface area contributed by atoms with Crippen LogP contribution in [0.4, 0.5) is 10.1 Å². The summed E-state index contributed by atoms with van der Waals surface area (Å²) >= 11 is 6.22. The Labute approximate surface area is 217 Å². The van der Waals surface area contributed by atoms with Crippen molar-refractivity contribution in [1.82, 2.24) is 5.32 Å². The van der Waals surface area contributed by atoms with Crippen LogP contribution in [-0.4, -0.2) is 17.9 Å². The predicted octanol–water partition coefficient (Wildman–Crippen LogP) is 7.05.